The lowest BCUT2D eigenvalue weighted by molar-refractivity contribution is 0.302. The van der Waals surface area contributed by atoms with Crippen LogP contribution in [-0.4, -0.2) is 31.6 Å². The number of hydrogen-bond donors (Lipinski definition) is 1. The SMILES string of the molecule is Cc1nonc1CSc1nnc(C)n1CCN. The van der Waals surface area contributed by atoms with Gasteiger partial charge in [-0.2, -0.15) is 0 Å². The van der Waals surface area contributed by atoms with Gasteiger partial charge in [-0.15, -0.1) is 10.2 Å². The summed E-state index contributed by atoms with van der Waals surface area (Å²) in [5.74, 6) is 1.53. The molecular formula is C9H14N6OS. The van der Waals surface area contributed by atoms with Crippen molar-refractivity contribution in [1.82, 2.24) is 25.1 Å². The van der Waals surface area contributed by atoms with Crippen LogP contribution in [0.25, 0.3) is 0 Å². The first-order chi connectivity index (χ1) is 8.22. The van der Waals surface area contributed by atoms with Crippen LogP contribution < -0.4 is 5.73 Å². The van der Waals surface area contributed by atoms with Crippen LogP contribution in [0, 0.1) is 13.8 Å². The van der Waals surface area contributed by atoms with E-state index in [2.05, 4.69) is 25.1 Å². The molecule has 0 spiro atoms. The summed E-state index contributed by atoms with van der Waals surface area (Å²) >= 11 is 1.55. The lowest BCUT2D eigenvalue weighted by Crippen LogP contribution is -2.12. The Kier molecular flexibility index (Phi) is 3.75. The lowest BCUT2D eigenvalue weighted by atomic mass is 10.4. The summed E-state index contributed by atoms with van der Waals surface area (Å²) in [4.78, 5) is 0. The maximum absolute atomic E-state index is 5.55. The smallest absolute Gasteiger partial charge is 0.191 e. The number of aryl methyl sites for hydroxylation is 2. The van der Waals surface area contributed by atoms with Crippen LogP contribution in [0.3, 0.4) is 0 Å². The second-order valence-corrected chi connectivity index (χ2v) is 4.50. The van der Waals surface area contributed by atoms with Crippen molar-refractivity contribution in [2.24, 2.45) is 5.73 Å². The van der Waals surface area contributed by atoms with E-state index in [9.17, 15) is 0 Å². The number of rotatable bonds is 5. The highest BCUT2D eigenvalue weighted by Gasteiger charge is 2.11. The molecular weight excluding hydrogens is 240 g/mol. The molecule has 0 saturated carbocycles. The van der Waals surface area contributed by atoms with Crippen LogP contribution >= 0.6 is 11.8 Å². The highest BCUT2D eigenvalue weighted by molar-refractivity contribution is 7.98. The first kappa shape index (κ1) is 12.1. The van der Waals surface area contributed by atoms with Gasteiger partial charge in [0.15, 0.2) is 5.16 Å². The van der Waals surface area contributed by atoms with Crippen molar-refractivity contribution in [2.75, 3.05) is 6.54 Å². The molecule has 0 fully saturated rings. The second-order valence-electron chi connectivity index (χ2n) is 3.56. The van der Waals surface area contributed by atoms with E-state index < -0.39 is 0 Å². The summed E-state index contributed by atoms with van der Waals surface area (Å²) < 4.78 is 6.63. The minimum atomic E-state index is 0.566. The molecule has 8 heteroatoms. The van der Waals surface area contributed by atoms with Crippen LogP contribution in [0.4, 0.5) is 0 Å². The number of nitrogens with zero attached hydrogens (tertiary/aromatic N) is 5. The van der Waals surface area contributed by atoms with Gasteiger partial charge in [0.25, 0.3) is 0 Å². The summed E-state index contributed by atoms with van der Waals surface area (Å²) in [6.45, 7) is 5.06. The molecule has 0 atom stereocenters. The zero-order valence-corrected chi connectivity index (χ0v) is 10.6. The number of aromatic nitrogens is 5. The zero-order valence-electron chi connectivity index (χ0n) is 9.75. The zero-order chi connectivity index (χ0) is 12.3. The van der Waals surface area contributed by atoms with E-state index in [1.807, 2.05) is 18.4 Å². The highest BCUT2D eigenvalue weighted by Crippen LogP contribution is 2.21. The van der Waals surface area contributed by atoms with E-state index in [-0.39, 0.29) is 0 Å². The van der Waals surface area contributed by atoms with Crippen molar-refractivity contribution in [3.63, 3.8) is 0 Å². The molecule has 0 amide bonds. The van der Waals surface area contributed by atoms with Gasteiger partial charge in [0.05, 0.1) is 0 Å². The summed E-state index contributed by atoms with van der Waals surface area (Å²) in [6, 6.07) is 0. The number of thioether (sulfide) groups is 1. The Labute approximate surface area is 103 Å². The van der Waals surface area contributed by atoms with Crippen molar-refractivity contribution in [2.45, 2.75) is 31.3 Å². The Hall–Kier alpha value is -1.41. The predicted molar refractivity (Wildman–Crippen MR) is 62.4 cm³/mol. The standard InChI is InChI=1S/C9H14N6OS/c1-6-8(14-16-13-6)5-17-9-12-11-7(2)15(9)4-3-10/h3-5,10H2,1-2H3. The molecule has 92 valence electrons. The molecule has 0 unspecified atom stereocenters. The minimum absolute atomic E-state index is 0.566. The fourth-order valence-electron chi connectivity index (χ4n) is 1.37. The monoisotopic (exact) mass is 254 g/mol. The van der Waals surface area contributed by atoms with Crippen LogP contribution in [0.2, 0.25) is 0 Å². The average Bonchev–Trinajstić information content (AvgIpc) is 2.86. The molecule has 0 aromatic carbocycles. The summed E-state index contributed by atoms with van der Waals surface area (Å²) in [6.07, 6.45) is 0. The predicted octanol–water partition coefficient (Wildman–Crippen LogP) is 0.529. The Morgan fingerprint density at radius 3 is 2.76 bits per heavy atom. The Bertz CT molecular complexity index is 493. The van der Waals surface area contributed by atoms with Gasteiger partial charge in [0.2, 0.25) is 0 Å². The molecule has 17 heavy (non-hydrogen) atoms. The minimum Gasteiger partial charge on any atom is -0.329 e. The van der Waals surface area contributed by atoms with E-state index in [1.165, 1.54) is 0 Å². The maximum Gasteiger partial charge on any atom is 0.191 e. The Morgan fingerprint density at radius 1 is 1.29 bits per heavy atom. The third kappa shape index (κ3) is 2.64. The molecule has 2 aromatic heterocycles. The first-order valence-electron chi connectivity index (χ1n) is 5.23. The van der Waals surface area contributed by atoms with Crippen LogP contribution in [0.1, 0.15) is 17.2 Å². The van der Waals surface area contributed by atoms with Crippen molar-refractivity contribution in [3.05, 3.63) is 17.2 Å². The quantitative estimate of drug-likeness (QED) is 0.777. The van der Waals surface area contributed by atoms with Crippen LogP contribution in [0.5, 0.6) is 0 Å². The van der Waals surface area contributed by atoms with Gasteiger partial charge in [-0.25, -0.2) is 4.63 Å². The largest absolute Gasteiger partial charge is 0.329 e. The number of nitrogens with two attached hydrogens (primary N) is 1. The molecule has 0 saturated heterocycles. The molecule has 2 rings (SSSR count). The molecule has 7 nitrogen and oxygen atoms in total. The maximum atomic E-state index is 5.55. The van der Waals surface area contributed by atoms with Gasteiger partial charge in [-0.05, 0) is 13.8 Å². The van der Waals surface area contributed by atoms with Crippen molar-refractivity contribution in [1.29, 1.82) is 0 Å². The lowest BCUT2D eigenvalue weighted by Gasteiger charge is -2.05. The van der Waals surface area contributed by atoms with Gasteiger partial charge in [0, 0.05) is 18.8 Å². The summed E-state index contributed by atoms with van der Waals surface area (Å²) in [5, 5.41) is 16.5. The van der Waals surface area contributed by atoms with Gasteiger partial charge in [-0.1, -0.05) is 22.1 Å². The fourth-order valence-corrected chi connectivity index (χ4v) is 2.37. The molecule has 0 radical (unpaired) electrons. The topological polar surface area (TPSA) is 95.6 Å². The first-order valence-corrected chi connectivity index (χ1v) is 6.21. The molecule has 0 bridgehead atoms. The van der Waals surface area contributed by atoms with Crippen molar-refractivity contribution >= 4 is 11.8 Å². The van der Waals surface area contributed by atoms with Gasteiger partial charge < -0.3 is 10.3 Å². The van der Waals surface area contributed by atoms with Crippen molar-refractivity contribution < 1.29 is 4.63 Å². The molecule has 2 aromatic rings. The molecule has 2 heterocycles. The molecule has 2 N–H and O–H groups in total. The van der Waals surface area contributed by atoms with Gasteiger partial charge in [0.1, 0.15) is 17.2 Å². The fraction of sp³-hybridized carbons (Fsp3) is 0.556. The van der Waals surface area contributed by atoms with E-state index in [0.717, 1.165) is 28.9 Å². The van der Waals surface area contributed by atoms with E-state index in [4.69, 9.17) is 5.73 Å². The van der Waals surface area contributed by atoms with Gasteiger partial charge in [-0.3, -0.25) is 0 Å². The highest BCUT2D eigenvalue weighted by atomic mass is 32.2. The van der Waals surface area contributed by atoms with E-state index >= 15 is 0 Å². The van der Waals surface area contributed by atoms with Crippen LogP contribution in [0.15, 0.2) is 9.79 Å². The third-order valence-corrected chi connectivity index (χ3v) is 3.32. The summed E-state index contributed by atoms with van der Waals surface area (Å²) in [5.41, 5.74) is 7.18. The Morgan fingerprint density at radius 2 is 2.12 bits per heavy atom. The Balaban J connectivity index is 2.06. The van der Waals surface area contributed by atoms with Gasteiger partial charge >= 0.3 is 0 Å². The van der Waals surface area contributed by atoms with E-state index in [1.54, 1.807) is 11.8 Å². The third-order valence-electron chi connectivity index (χ3n) is 2.34. The molecule has 0 aliphatic heterocycles. The normalized spacial score (nSPS) is 11.0. The molecule has 0 aliphatic rings. The number of hydrogen-bond acceptors (Lipinski definition) is 7. The average molecular weight is 254 g/mol. The van der Waals surface area contributed by atoms with E-state index in [0.29, 0.717) is 12.3 Å². The van der Waals surface area contributed by atoms with Crippen LogP contribution in [-0.2, 0) is 12.3 Å². The second kappa shape index (κ2) is 5.28. The van der Waals surface area contributed by atoms with Crippen molar-refractivity contribution in [3.8, 4) is 0 Å². The summed E-state index contributed by atoms with van der Waals surface area (Å²) in [7, 11) is 0. The molecule has 0 aliphatic carbocycles.